The van der Waals surface area contributed by atoms with E-state index in [0.717, 1.165) is 20.9 Å². The van der Waals surface area contributed by atoms with Crippen LogP contribution >= 0.6 is 43.5 Å². The lowest BCUT2D eigenvalue weighted by Crippen LogP contribution is -2.23. The number of ether oxygens (including phenoxy) is 2. The van der Waals surface area contributed by atoms with Gasteiger partial charge in [0, 0.05) is 14.9 Å². The van der Waals surface area contributed by atoms with Gasteiger partial charge in [-0.15, -0.1) is 0 Å². The fraction of sp³-hybridized carbons (Fsp3) is 0.250. The van der Waals surface area contributed by atoms with Crippen molar-refractivity contribution in [2.75, 3.05) is 6.61 Å². The van der Waals surface area contributed by atoms with Crippen molar-refractivity contribution < 1.29 is 9.47 Å². The number of nitrogens with zero attached hydrogens (tertiary/aromatic N) is 3. The summed E-state index contributed by atoms with van der Waals surface area (Å²) in [7, 11) is 0. The lowest BCUT2D eigenvalue weighted by Gasteiger charge is -2.15. The summed E-state index contributed by atoms with van der Waals surface area (Å²) >= 11 is 13.5. The van der Waals surface area contributed by atoms with Gasteiger partial charge in [0.2, 0.25) is 0 Å². The summed E-state index contributed by atoms with van der Waals surface area (Å²) in [5.41, 5.74) is 2.08. The van der Waals surface area contributed by atoms with Crippen molar-refractivity contribution in [3.63, 3.8) is 0 Å². The minimum absolute atomic E-state index is 0.0369. The van der Waals surface area contributed by atoms with Gasteiger partial charge >= 0.3 is 0 Å². The molecule has 1 atom stereocenters. The first-order valence-electron chi connectivity index (χ1n) is 11.9. The zero-order valence-corrected chi connectivity index (χ0v) is 24.6. The average Bonchev–Trinajstić information content (AvgIpc) is 2.88. The molecule has 4 rings (SSSR count). The van der Waals surface area contributed by atoms with E-state index < -0.39 is 0 Å². The zero-order chi connectivity index (χ0) is 26.5. The van der Waals surface area contributed by atoms with Crippen molar-refractivity contribution in [3.05, 3.63) is 95.9 Å². The van der Waals surface area contributed by atoms with Crippen molar-refractivity contribution in [1.29, 1.82) is 0 Å². The number of aromatic nitrogens is 2. The molecule has 37 heavy (non-hydrogen) atoms. The predicted molar refractivity (Wildman–Crippen MR) is 156 cm³/mol. The molecule has 0 radical (unpaired) electrons. The summed E-state index contributed by atoms with van der Waals surface area (Å²) in [6.45, 7) is 6.75. The molecule has 0 N–H and O–H groups in total. The predicted octanol–water partition coefficient (Wildman–Crippen LogP) is 7.95. The van der Waals surface area contributed by atoms with E-state index in [2.05, 4.69) is 43.9 Å². The van der Waals surface area contributed by atoms with E-state index in [1.54, 1.807) is 24.4 Å². The number of rotatable bonds is 9. The van der Waals surface area contributed by atoms with Crippen LogP contribution in [0.3, 0.4) is 0 Å². The second-order valence-corrected chi connectivity index (χ2v) is 10.7. The van der Waals surface area contributed by atoms with E-state index in [-0.39, 0.29) is 11.5 Å². The van der Waals surface area contributed by atoms with E-state index in [1.165, 1.54) is 4.68 Å². The SMILES string of the molecule is CCOc1cc(C=Nn2c([C@H](C)CC)nc3ccc(Br)cc3c2=O)cc(Cl)c1OCc1ccc(Br)cc1. The molecule has 6 nitrogen and oxygen atoms in total. The van der Waals surface area contributed by atoms with Crippen LogP contribution in [0.2, 0.25) is 5.02 Å². The van der Waals surface area contributed by atoms with Crippen LogP contribution in [0.4, 0.5) is 0 Å². The molecule has 0 spiro atoms. The highest BCUT2D eigenvalue weighted by atomic mass is 79.9. The Morgan fingerprint density at radius 1 is 1.05 bits per heavy atom. The lowest BCUT2D eigenvalue weighted by atomic mass is 10.1. The summed E-state index contributed by atoms with van der Waals surface area (Å²) in [5, 5.41) is 5.42. The molecule has 0 aliphatic rings. The maximum absolute atomic E-state index is 13.4. The molecule has 0 fully saturated rings. The third kappa shape index (κ3) is 6.43. The second kappa shape index (κ2) is 12.2. The van der Waals surface area contributed by atoms with Gasteiger partial charge < -0.3 is 9.47 Å². The highest BCUT2D eigenvalue weighted by Crippen LogP contribution is 2.37. The molecular weight excluding hydrogens is 622 g/mol. The van der Waals surface area contributed by atoms with Crippen molar-refractivity contribution in [1.82, 2.24) is 9.66 Å². The number of hydrogen-bond acceptors (Lipinski definition) is 5. The Hall–Kier alpha value is -2.68. The van der Waals surface area contributed by atoms with Gasteiger partial charge in [-0.05, 0) is 66.9 Å². The Morgan fingerprint density at radius 3 is 2.49 bits per heavy atom. The van der Waals surface area contributed by atoms with Crippen LogP contribution in [-0.2, 0) is 6.61 Å². The highest BCUT2D eigenvalue weighted by Gasteiger charge is 2.16. The first-order chi connectivity index (χ1) is 17.8. The van der Waals surface area contributed by atoms with Gasteiger partial charge in [-0.25, -0.2) is 4.98 Å². The molecule has 3 aromatic carbocycles. The van der Waals surface area contributed by atoms with Gasteiger partial charge in [-0.2, -0.15) is 9.78 Å². The van der Waals surface area contributed by atoms with Crippen molar-refractivity contribution in [2.45, 2.75) is 39.7 Å². The minimum Gasteiger partial charge on any atom is -0.490 e. The smallest absolute Gasteiger partial charge is 0.282 e. The fourth-order valence-corrected chi connectivity index (χ4v) is 4.60. The van der Waals surface area contributed by atoms with Gasteiger partial charge in [-0.3, -0.25) is 4.79 Å². The maximum Gasteiger partial charge on any atom is 0.282 e. The van der Waals surface area contributed by atoms with Crippen molar-refractivity contribution in [2.24, 2.45) is 5.10 Å². The first-order valence-corrected chi connectivity index (χ1v) is 13.9. The maximum atomic E-state index is 13.4. The second-order valence-electron chi connectivity index (χ2n) is 8.48. The molecule has 0 aliphatic heterocycles. The van der Waals surface area contributed by atoms with Gasteiger partial charge in [-0.1, -0.05) is 69.4 Å². The third-order valence-corrected chi connectivity index (χ3v) is 7.14. The fourth-order valence-electron chi connectivity index (χ4n) is 3.71. The van der Waals surface area contributed by atoms with Crippen LogP contribution < -0.4 is 15.0 Å². The van der Waals surface area contributed by atoms with Crippen LogP contribution in [0.25, 0.3) is 10.9 Å². The Kier molecular flexibility index (Phi) is 9.05. The van der Waals surface area contributed by atoms with E-state index >= 15 is 0 Å². The monoisotopic (exact) mass is 645 g/mol. The quantitative estimate of drug-likeness (QED) is 0.173. The minimum atomic E-state index is -0.233. The number of fused-ring (bicyclic) bond motifs is 1. The largest absolute Gasteiger partial charge is 0.490 e. The summed E-state index contributed by atoms with van der Waals surface area (Å²) in [5.74, 6) is 1.60. The van der Waals surface area contributed by atoms with Crippen molar-refractivity contribution in [3.8, 4) is 11.5 Å². The molecule has 9 heteroatoms. The van der Waals surface area contributed by atoms with Gasteiger partial charge in [0.25, 0.3) is 5.56 Å². The van der Waals surface area contributed by atoms with E-state index in [9.17, 15) is 4.79 Å². The van der Waals surface area contributed by atoms with E-state index in [1.807, 2.05) is 50.2 Å². The van der Waals surface area contributed by atoms with Crippen LogP contribution in [0, 0.1) is 0 Å². The molecule has 1 aromatic heterocycles. The molecule has 0 amide bonds. The molecule has 0 aliphatic carbocycles. The van der Waals surface area contributed by atoms with Gasteiger partial charge in [0.1, 0.15) is 12.4 Å². The van der Waals surface area contributed by atoms with Gasteiger partial charge in [0.15, 0.2) is 11.5 Å². The lowest BCUT2D eigenvalue weighted by molar-refractivity contribution is 0.269. The summed E-state index contributed by atoms with van der Waals surface area (Å²) in [6.07, 6.45) is 2.40. The van der Waals surface area contributed by atoms with Gasteiger partial charge in [0.05, 0.1) is 28.7 Å². The number of benzene rings is 3. The third-order valence-electron chi connectivity index (χ3n) is 5.84. The number of halogens is 3. The Labute approximate surface area is 237 Å². The molecule has 192 valence electrons. The van der Waals surface area contributed by atoms with E-state index in [0.29, 0.717) is 52.0 Å². The van der Waals surface area contributed by atoms with Crippen LogP contribution in [-0.4, -0.2) is 22.5 Å². The summed E-state index contributed by atoms with van der Waals surface area (Å²) in [6, 6.07) is 16.9. The molecule has 0 unspecified atom stereocenters. The molecular formula is C28H26Br2ClN3O3. The molecule has 1 heterocycles. The van der Waals surface area contributed by atoms with Crippen molar-refractivity contribution >= 4 is 60.6 Å². The Balaban J connectivity index is 1.71. The zero-order valence-electron chi connectivity index (χ0n) is 20.7. The van der Waals surface area contributed by atoms with Crippen LogP contribution in [0.5, 0.6) is 11.5 Å². The highest BCUT2D eigenvalue weighted by molar-refractivity contribution is 9.10. The average molecular weight is 648 g/mol. The Bertz CT molecular complexity index is 1500. The molecule has 0 bridgehead atoms. The molecule has 4 aromatic rings. The van der Waals surface area contributed by atoms with Crippen LogP contribution in [0.1, 0.15) is 50.1 Å². The normalized spacial score (nSPS) is 12.3. The number of hydrogen-bond donors (Lipinski definition) is 0. The van der Waals surface area contributed by atoms with Crippen LogP contribution in [0.15, 0.2) is 73.4 Å². The standard InChI is InChI=1S/C28H26Br2ClN3O3/c1-4-17(3)27-33-24-11-10-21(30)14-22(24)28(35)34(27)32-15-19-12-23(31)26(25(13-19)36-5-2)37-16-18-6-8-20(29)9-7-18/h6-15,17H,4-5,16H2,1-3H3/t17-/m1/s1. The molecule has 0 saturated carbocycles. The van der Waals surface area contributed by atoms with E-state index in [4.69, 9.17) is 26.1 Å². The first kappa shape index (κ1) is 27.4. The summed E-state index contributed by atoms with van der Waals surface area (Å²) < 4.78 is 15.0. The molecule has 0 saturated heterocycles. The summed E-state index contributed by atoms with van der Waals surface area (Å²) in [4.78, 5) is 18.1. The Morgan fingerprint density at radius 2 is 1.78 bits per heavy atom. The topological polar surface area (TPSA) is 65.7 Å².